The van der Waals surface area contributed by atoms with Crippen molar-refractivity contribution in [2.75, 3.05) is 25.1 Å². The molecule has 3 rings (SSSR count). The second-order valence-corrected chi connectivity index (χ2v) is 6.81. The molecule has 0 bridgehead atoms. The topological polar surface area (TPSA) is 80.6 Å². The van der Waals surface area contributed by atoms with Gasteiger partial charge in [0.1, 0.15) is 0 Å². The molecule has 0 atom stereocenters. The summed E-state index contributed by atoms with van der Waals surface area (Å²) < 4.78 is 10.6. The second kappa shape index (κ2) is 8.12. The van der Waals surface area contributed by atoms with E-state index in [1.54, 1.807) is 24.3 Å². The zero-order valence-electron chi connectivity index (χ0n) is 13.2. The molecule has 2 aromatic heterocycles. The van der Waals surface area contributed by atoms with Crippen LogP contribution in [0.15, 0.2) is 34.9 Å². The number of ether oxygens (including phenoxy) is 1. The maximum Gasteiger partial charge on any atom is 0.291 e. The molecule has 6 nitrogen and oxygen atoms in total. The van der Waals surface area contributed by atoms with E-state index in [9.17, 15) is 9.59 Å². The monoisotopic (exact) mass is 348 g/mol. The van der Waals surface area contributed by atoms with Crippen LogP contribution in [0, 0.1) is 5.92 Å². The van der Waals surface area contributed by atoms with E-state index < -0.39 is 0 Å². The molecular weight excluding hydrogens is 328 g/mol. The van der Waals surface area contributed by atoms with Crippen molar-refractivity contribution in [3.05, 3.63) is 41.2 Å². The molecule has 2 amide bonds. The van der Waals surface area contributed by atoms with Crippen LogP contribution in [-0.2, 0) is 4.74 Å². The minimum absolute atomic E-state index is 0.138. The molecule has 1 aliphatic rings. The first kappa shape index (κ1) is 16.7. The van der Waals surface area contributed by atoms with Crippen molar-refractivity contribution in [2.45, 2.75) is 19.3 Å². The Hall–Kier alpha value is -2.12. The molecule has 1 fully saturated rings. The lowest BCUT2D eigenvalue weighted by Crippen LogP contribution is -2.24. The predicted octanol–water partition coefficient (Wildman–Crippen LogP) is 3.14. The Morgan fingerprint density at radius 3 is 2.88 bits per heavy atom. The molecule has 2 heterocycles. The Balaban J connectivity index is 1.37. The number of hydrogen-bond donors (Lipinski definition) is 2. The van der Waals surface area contributed by atoms with Crippen LogP contribution in [0.3, 0.4) is 0 Å². The molecule has 1 aliphatic carbocycles. The van der Waals surface area contributed by atoms with Gasteiger partial charge in [-0.2, -0.15) is 0 Å². The number of anilines is 1. The fourth-order valence-corrected chi connectivity index (χ4v) is 2.92. The van der Waals surface area contributed by atoms with E-state index in [2.05, 4.69) is 10.6 Å². The summed E-state index contributed by atoms with van der Waals surface area (Å²) in [5.41, 5.74) is 0. The number of rotatable bonds is 9. The average Bonchev–Trinajstić information content (AvgIpc) is 3.04. The predicted molar refractivity (Wildman–Crippen MR) is 91.5 cm³/mol. The molecular formula is C17H20N2O4S. The normalized spacial score (nSPS) is 13.7. The Kier molecular flexibility index (Phi) is 5.66. The Morgan fingerprint density at radius 2 is 2.12 bits per heavy atom. The highest BCUT2D eigenvalue weighted by Crippen LogP contribution is 2.28. The number of amides is 2. The fraction of sp³-hybridized carbons (Fsp3) is 0.412. The van der Waals surface area contributed by atoms with Crippen molar-refractivity contribution in [2.24, 2.45) is 5.92 Å². The zero-order valence-corrected chi connectivity index (χ0v) is 14.1. The van der Waals surface area contributed by atoms with Crippen LogP contribution >= 0.6 is 11.3 Å². The van der Waals surface area contributed by atoms with E-state index in [1.807, 2.05) is 0 Å². The van der Waals surface area contributed by atoms with E-state index in [0.717, 1.165) is 18.9 Å². The molecule has 0 spiro atoms. The first-order chi connectivity index (χ1) is 11.7. The third-order valence-corrected chi connectivity index (χ3v) is 4.61. The van der Waals surface area contributed by atoms with Crippen molar-refractivity contribution in [3.8, 4) is 0 Å². The first-order valence-corrected chi connectivity index (χ1v) is 8.84. The lowest BCUT2D eigenvalue weighted by Gasteiger charge is -2.04. The van der Waals surface area contributed by atoms with Crippen LogP contribution in [0.5, 0.6) is 0 Å². The SMILES string of the molecule is O=C(Nc1ccc(C(=O)NCCCOCC2CC2)s1)c1ccco1. The van der Waals surface area contributed by atoms with E-state index in [-0.39, 0.29) is 17.6 Å². The second-order valence-electron chi connectivity index (χ2n) is 5.72. The summed E-state index contributed by atoms with van der Waals surface area (Å²) in [6, 6.07) is 6.64. The van der Waals surface area contributed by atoms with Gasteiger partial charge in [0.2, 0.25) is 0 Å². The minimum atomic E-state index is -0.332. The van der Waals surface area contributed by atoms with E-state index >= 15 is 0 Å². The van der Waals surface area contributed by atoms with Crippen molar-refractivity contribution < 1.29 is 18.7 Å². The summed E-state index contributed by atoms with van der Waals surface area (Å²) in [6.45, 7) is 2.10. The molecule has 0 radical (unpaired) electrons. The fourth-order valence-electron chi connectivity index (χ4n) is 2.11. The summed E-state index contributed by atoms with van der Waals surface area (Å²) in [5, 5.41) is 6.17. The molecule has 0 unspecified atom stereocenters. The molecule has 1 saturated carbocycles. The standard InChI is InChI=1S/C17H20N2O4S/c20-16(13-3-1-10-23-13)19-15-7-6-14(24-15)17(21)18-8-2-9-22-11-12-4-5-12/h1,3,6-7,10,12H,2,4-5,8-9,11H2,(H,18,21)(H,19,20). The average molecular weight is 348 g/mol. The van der Waals surface area contributed by atoms with Gasteiger partial charge in [-0.05, 0) is 49.4 Å². The number of hydrogen-bond acceptors (Lipinski definition) is 5. The van der Waals surface area contributed by atoms with Gasteiger partial charge in [0.25, 0.3) is 11.8 Å². The summed E-state index contributed by atoms with van der Waals surface area (Å²) in [5.74, 6) is 0.531. The summed E-state index contributed by atoms with van der Waals surface area (Å²) in [4.78, 5) is 24.5. The number of carbonyl (C=O) groups excluding carboxylic acids is 2. The molecule has 2 N–H and O–H groups in total. The molecule has 24 heavy (non-hydrogen) atoms. The van der Waals surface area contributed by atoms with Crippen molar-refractivity contribution in [3.63, 3.8) is 0 Å². The summed E-state index contributed by atoms with van der Waals surface area (Å²) >= 11 is 1.23. The molecule has 0 aromatic carbocycles. The Bertz CT molecular complexity index is 677. The maximum absolute atomic E-state index is 12.1. The van der Waals surface area contributed by atoms with Crippen LogP contribution in [0.2, 0.25) is 0 Å². The van der Waals surface area contributed by atoms with Crippen molar-refractivity contribution >= 4 is 28.2 Å². The van der Waals surface area contributed by atoms with E-state index in [4.69, 9.17) is 9.15 Å². The van der Waals surface area contributed by atoms with Gasteiger partial charge in [0.05, 0.1) is 16.1 Å². The Morgan fingerprint density at radius 1 is 1.25 bits per heavy atom. The highest BCUT2D eigenvalue weighted by molar-refractivity contribution is 7.18. The number of carbonyl (C=O) groups is 2. The van der Waals surface area contributed by atoms with Gasteiger partial charge in [-0.1, -0.05) is 0 Å². The van der Waals surface area contributed by atoms with E-state index in [0.29, 0.717) is 23.0 Å². The van der Waals surface area contributed by atoms with Crippen LogP contribution in [0.1, 0.15) is 39.5 Å². The van der Waals surface area contributed by atoms with Crippen LogP contribution < -0.4 is 10.6 Å². The summed E-state index contributed by atoms with van der Waals surface area (Å²) in [6.07, 6.45) is 4.81. The Labute approximate surface area is 144 Å². The van der Waals surface area contributed by atoms with Crippen LogP contribution in [0.25, 0.3) is 0 Å². The van der Waals surface area contributed by atoms with E-state index in [1.165, 1.54) is 30.4 Å². The van der Waals surface area contributed by atoms with Crippen molar-refractivity contribution in [1.29, 1.82) is 0 Å². The smallest absolute Gasteiger partial charge is 0.291 e. The molecule has 2 aromatic rings. The van der Waals surface area contributed by atoms with Gasteiger partial charge in [0.15, 0.2) is 5.76 Å². The zero-order chi connectivity index (χ0) is 16.8. The van der Waals surface area contributed by atoms with Crippen molar-refractivity contribution in [1.82, 2.24) is 5.32 Å². The van der Waals surface area contributed by atoms with Gasteiger partial charge in [-0.15, -0.1) is 11.3 Å². The van der Waals surface area contributed by atoms with Gasteiger partial charge >= 0.3 is 0 Å². The largest absolute Gasteiger partial charge is 0.459 e. The molecule has 128 valence electrons. The number of furan rings is 1. The lowest BCUT2D eigenvalue weighted by atomic mass is 10.4. The molecule has 0 aliphatic heterocycles. The van der Waals surface area contributed by atoms with Crippen LogP contribution in [0.4, 0.5) is 5.00 Å². The van der Waals surface area contributed by atoms with Gasteiger partial charge in [0, 0.05) is 19.8 Å². The number of thiophene rings is 1. The number of nitrogens with one attached hydrogen (secondary N) is 2. The minimum Gasteiger partial charge on any atom is -0.459 e. The van der Waals surface area contributed by atoms with Gasteiger partial charge in [-0.3, -0.25) is 9.59 Å². The highest BCUT2D eigenvalue weighted by atomic mass is 32.1. The molecule has 0 saturated heterocycles. The van der Waals surface area contributed by atoms with Gasteiger partial charge in [-0.25, -0.2) is 0 Å². The maximum atomic E-state index is 12.1. The molecule has 7 heteroatoms. The summed E-state index contributed by atoms with van der Waals surface area (Å²) in [7, 11) is 0. The first-order valence-electron chi connectivity index (χ1n) is 8.03. The van der Waals surface area contributed by atoms with Gasteiger partial charge < -0.3 is 19.8 Å². The van der Waals surface area contributed by atoms with Crippen LogP contribution in [-0.4, -0.2) is 31.6 Å². The lowest BCUT2D eigenvalue weighted by molar-refractivity contribution is 0.0940. The quantitative estimate of drug-likeness (QED) is 0.682. The highest BCUT2D eigenvalue weighted by Gasteiger charge is 2.20. The third-order valence-electron chi connectivity index (χ3n) is 3.61. The third kappa shape index (κ3) is 4.94.